The fourth-order valence-corrected chi connectivity index (χ4v) is 3.52. The minimum Gasteiger partial charge on any atom is -0.317 e. The number of hydrogen-bond acceptors (Lipinski definition) is 3. The molecule has 0 aromatic carbocycles. The van der Waals surface area contributed by atoms with Crippen molar-refractivity contribution in [2.45, 2.75) is 57.3 Å². The molecule has 1 aliphatic carbocycles. The van der Waals surface area contributed by atoms with E-state index in [1.165, 1.54) is 63.9 Å². The highest BCUT2D eigenvalue weighted by molar-refractivity contribution is 5.01. The van der Waals surface area contributed by atoms with E-state index in [0.717, 1.165) is 18.2 Å². The maximum absolute atomic E-state index is 4.81. The number of nitrogens with zero attached hydrogens (tertiary/aromatic N) is 3. The van der Waals surface area contributed by atoms with Crippen LogP contribution in [0.3, 0.4) is 0 Å². The Morgan fingerprint density at radius 2 is 1.89 bits per heavy atom. The molecule has 0 radical (unpaired) electrons. The molecule has 2 fully saturated rings. The summed E-state index contributed by atoms with van der Waals surface area (Å²) in [5.74, 6) is 3.83. The molecule has 2 heterocycles. The molecular weight excluding hydrogens is 236 g/mol. The summed E-state index contributed by atoms with van der Waals surface area (Å²) in [4.78, 5) is 4.81. The van der Waals surface area contributed by atoms with Gasteiger partial charge in [-0.3, -0.25) is 4.68 Å². The van der Waals surface area contributed by atoms with Crippen molar-refractivity contribution in [2.24, 2.45) is 13.0 Å². The van der Waals surface area contributed by atoms with Gasteiger partial charge in [-0.15, -0.1) is 0 Å². The van der Waals surface area contributed by atoms with Crippen LogP contribution in [0.4, 0.5) is 0 Å². The lowest BCUT2D eigenvalue weighted by Crippen LogP contribution is -2.28. The normalized spacial score (nSPS) is 22.2. The van der Waals surface area contributed by atoms with Crippen molar-refractivity contribution in [3.05, 3.63) is 11.6 Å². The molecule has 19 heavy (non-hydrogen) atoms. The number of nitrogens with one attached hydrogen (secondary N) is 1. The molecular formula is C15H26N4. The van der Waals surface area contributed by atoms with Crippen LogP contribution in [0.2, 0.25) is 0 Å². The van der Waals surface area contributed by atoms with E-state index in [9.17, 15) is 0 Å². The molecule has 1 aliphatic heterocycles. The summed E-state index contributed by atoms with van der Waals surface area (Å²) in [5, 5.41) is 8.08. The minimum absolute atomic E-state index is 0.638. The Morgan fingerprint density at radius 3 is 2.63 bits per heavy atom. The molecule has 1 aromatic rings. The highest BCUT2D eigenvalue weighted by Crippen LogP contribution is 2.32. The number of rotatable bonds is 4. The predicted molar refractivity (Wildman–Crippen MR) is 76.1 cm³/mol. The Hall–Kier alpha value is -0.900. The molecule has 0 atom stereocenters. The highest BCUT2D eigenvalue weighted by atomic mass is 15.3. The maximum atomic E-state index is 4.81. The van der Waals surface area contributed by atoms with Gasteiger partial charge in [-0.1, -0.05) is 12.8 Å². The molecule has 1 saturated carbocycles. The van der Waals surface area contributed by atoms with Crippen LogP contribution in [0.15, 0.2) is 0 Å². The first-order valence-electron chi connectivity index (χ1n) is 7.93. The summed E-state index contributed by atoms with van der Waals surface area (Å²) in [5.41, 5.74) is 0. The van der Waals surface area contributed by atoms with Crippen LogP contribution in [0.5, 0.6) is 0 Å². The van der Waals surface area contributed by atoms with Crippen LogP contribution < -0.4 is 5.32 Å². The van der Waals surface area contributed by atoms with Crippen LogP contribution in [0.25, 0.3) is 0 Å². The molecule has 4 heteroatoms. The molecule has 1 N–H and O–H groups in total. The van der Waals surface area contributed by atoms with Gasteiger partial charge >= 0.3 is 0 Å². The highest BCUT2D eigenvalue weighted by Gasteiger charge is 2.22. The van der Waals surface area contributed by atoms with E-state index in [1.54, 1.807) is 0 Å². The van der Waals surface area contributed by atoms with Gasteiger partial charge < -0.3 is 5.32 Å². The van der Waals surface area contributed by atoms with Crippen molar-refractivity contribution in [3.8, 4) is 0 Å². The zero-order valence-corrected chi connectivity index (χ0v) is 12.1. The largest absolute Gasteiger partial charge is 0.317 e. The average molecular weight is 262 g/mol. The van der Waals surface area contributed by atoms with Crippen LogP contribution in [0, 0.1) is 5.92 Å². The summed E-state index contributed by atoms with van der Waals surface area (Å²) in [6, 6.07) is 0. The van der Waals surface area contributed by atoms with Gasteiger partial charge in [-0.25, -0.2) is 4.98 Å². The molecule has 106 valence electrons. The third-order valence-electron chi connectivity index (χ3n) is 4.82. The second-order valence-corrected chi connectivity index (χ2v) is 6.22. The van der Waals surface area contributed by atoms with Crippen LogP contribution in [0.1, 0.15) is 62.5 Å². The molecule has 4 nitrogen and oxygen atoms in total. The monoisotopic (exact) mass is 262 g/mol. The van der Waals surface area contributed by atoms with Crippen LogP contribution in [-0.4, -0.2) is 27.9 Å². The molecule has 0 amide bonds. The van der Waals surface area contributed by atoms with Gasteiger partial charge in [0.25, 0.3) is 0 Å². The van der Waals surface area contributed by atoms with E-state index in [0.29, 0.717) is 5.92 Å². The van der Waals surface area contributed by atoms with Gasteiger partial charge in [0.2, 0.25) is 0 Å². The van der Waals surface area contributed by atoms with Crippen molar-refractivity contribution < 1.29 is 0 Å². The minimum atomic E-state index is 0.638. The first-order valence-corrected chi connectivity index (χ1v) is 7.93. The van der Waals surface area contributed by atoms with E-state index < -0.39 is 0 Å². The van der Waals surface area contributed by atoms with Gasteiger partial charge in [-0.05, 0) is 51.1 Å². The SMILES string of the molecule is Cn1nc(C2CCCC2)nc1CCC1CCNCC1. The Labute approximate surface area is 116 Å². The van der Waals surface area contributed by atoms with E-state index in [-0.39, 0.29) is 0 Å². The summed E-state index contributed by atoms with van der Waals surface area (Å²) in [6.07, 6.45) is 10.3. The maximum Gasteiger partial charge on any atom is 0.154 e. The summed E-state index contributed by atoms with van der Waals surface area (Å²) >= 11 is 0. The molecule has 1 aromatic heterocycles. The van der Waals surface area contributed by atoms with Gasteiger partial charge in [0.15, 0.2) is 5.82 Å². The fourth-order valence-electron chi connectivity index (χ4n) is 3.52. The zero-order valence-electron chi connectivity index (χ0n) is 12.1. The van der Waals surface area contributed by atoms with Crippen LogP contribution >= 0.6 is 0 Å². The van der Waals surface area contributed by atoms with Gasteiger partial charge in [-0.2, -0.15) is 5.10 Å². The Bertz CT molecular complexity index is 400. The van der Waals surface area contributed by atoms with Crippen molar-refractivity contribution in [1.29, 1.82) is 0 Å². The topological polar surface area (TPSA) is 42.7 Å². The summed E-state index contributed by atoms with van der Waals surface area (Å²) in [7, 11) is 2.06. The van der Waals surface area contributed by atoms with Crippen molar-refractivity contribution in [1.82, 2.24) is 20.1 Å². The van der Waals surface area contributed by atoms with Crippen molar-refractivity contribution >= 4 is 0 Å². The molecule has 0 unspecified atom stereocenters. The predicted octanol–water partition coefficient (Wildman–Crippen LogP) is 2.40. The lowest BCUT2D eigenvalue weighted by Gasteiger charge is -2.22. The van der Waals surface area contributed by atoms with Crippen LogP contribution in [-0.2, 0) is 13.5 Å². The number of piperidine rings is 1. The molecule has 3 rings (SSSR count). The number of hydrogen-bond donors (Lipinski definition) is 1. The third kappa shape index (κ3) is 3.16. The Balaban J connectivity index is 1.57. The number of aryl methyl sites for hydroxylation is 2. The first kappa shape index (κ1) is 13.1. The Morgan fingerprint density at radius 1 is 1.16 bits per heavy atom. The molecule has 0 bridgehead atoms. The van der Waals surface area contributed by atoms with E-state index in [1.807, 2.05) is 4.68 Å². The summed E-state index contributed by atoms with van der Waals surface area (Å²) in [6.45, 7) is 2.38. The van der Waals surface area contributed by atoms with Crippen molar-refractivity contribution in [3.63, 3.8) is 0 Å². The second-order valence-electron chi connectivity index (χ2n) is 6.22. The summed E-state index contributed by atoms with van der Waals surface area (Å²) < 4.78 is 2.02. The quantitative estimate of drug-likeness (QED) is 0.906. The fraction of sp³-hybridized carbons (Fsp3) is 0.867. The van der Waals surface area contributed by atoms with Gasteiger partial charge in [0.05, 0.1) is 0 Å². The second kappa shape index (κ2) is 6.04. The molecule has 2 aliphatic rings. The first-order chi connectivity index (χ1) is 9.33. The van der Waals surface area contributed by atoms with E-state index in [4.69, 9.17) is 4.98 Å². The average Bonchev–Trinajstić information content (AvgIpc) is 3.07. The zero-order chi connectivity index (χ0) is 13.1. The van der Waals surface area contributed by atoms with Crippen molar-refractivity contribution in [2.75, 3.05) is 13.1 Å². The van der Waals surface area contributed by atoms with E-state index in [2.05, 4.69) is 17.5 Å². The lowest BCUT2D eigenvalue weighted by atomic mass is 9.93. The van der Waals surface area contributed by atoms with E-state index >= 15 is 0 Å². The standard InChI is InChI=1S/C15H26N4/c1-19-14(7-6-12-8-10-16-11-9-12)17-15(18-19)13-4-2-3-5-13/h12-13,16H,2-11H2,1H3. The lowest BCUT2D eigenvalue weighted by molar-refractivity contribution is 0.351. The smallest absolute Gasteiger partial charge is 0.154 e. The molecule has 1 saturated heterocycles. The Kier molecular flexibility index (Phi) is 4.16. The number of aromatic nitrogens is 3. The van der Waals surface area contributed by atoms with Gasteiger partial charge in [0.1, 0.15) is 5.82 Å². The molecule has 0 spiro atoms. The van der Waals surface area contributed by atoms with Gasteiger partial charge in [0, 0.05) is 19.4 Å². The third-order valence-corrected chi connectivity index (χ3v) is 4.82.